The zero-order valence-electron chi connectivity index (χ0n) is 26.1. The first-order chi connectivity index (χ1) is 21.8. The first-order valence-electron chi connectivity index (χ1n) is 16.1. The van der Waals surface area contributed by atoms with Crippen molar-refractivity contribution in [3.8, 4) is 0 Å². The van der Waals surface area contributed by atoms with Crippen molar-refractivity contribution >= 4 is 35.7 Å². The van der Waals surface area contributed by atoms with Crippen molar-refractivity contribution in [3.05, 3.63) is 64.7 Å². The number of anilines is 1. The Bertz CT molecular complexity index is 1380. The lowest BCUT2D eigenvalue weighted by molar-refractivity contribution is -0.139. The molecular weight excluding hydrogens is 572 g/mol. The summed E-state index contributed by atoms with van der Waals surface area (Å²) in [6.45, 7) is 7.99. The molecule has 45 heavy (non-hydrogen) atoms. The number of likely N-dealkylation sites (tertiary alicyclic amines) is 2. The van der Waals surface area contributed by atoms with Gasteiger partial charge in [-0.1, -0.05) is 30.7 Å². The standard InChI is InChI=1S/C34H44N6O5/c1-24-6-5-7-28(31(24)34(45)40(23-41)29-12-13-30(42)37-33(29)44)35-16-17-36-32(43)26-10-8-25(9-11-26)22-38-20-14-27(15-21-38)39-18-3-2-4-19-39/h5-11,23,27,29,35H,2-4,12-22H2,1H3,(H,36,43)(H,37,42,44). The number of carbonyl (C=O) groups excluding carboxylic acids is 5. The number of amides is 5. The number of aryl methyl sites for hydroxylation is 1. The van der Waals surface area contributed by atoms with E-state index in [9.17, 15) is 24.0 Å². The lowest BCUT2D eigenvalue weighted by Gasteiger charge is -2.40. The van der Waals surface area contributed by atoms with Crippen LogP contribution in [0.1, 0.15) is 76.8 Å². The third-order valence-electron chi connectivity index (χ3n) is 9.19. The average molecular weight is 617 g/mol. The van der Waals surface area contributed by atoms with Gasteiger partial charge in [0.1, 0.15) is 6.04 Å². The molecule has 3 heterocycles. The molecule has 3 N–H and O–H groups in total. The highest BCUT2D eigenvalue weighted by atomic mass is 16.2. The molecule has 0 aromatic heterocycles. The van der Waals surface area contributed by atoms with Crippen LogP contribution in [-0.2, 0) is 20.9 Å². The molecule has 3 aliphatic rings. The molecule has 0 bridgehead atoms. The molecule has 3 fully saturated rings. The van der Waals surface area contributed by atoms with Gasteiger partial charge in [0.05, 0.1) is 5.56 Å². The Morgan fingerprint density at radius 3 is 2.38 bits per heavy atom. The van der Waals surface area contributed by atoms with Crippen LogP contribution in [-0.4, -0.2) is 96.1 Å². The third kappa shape index (κ3) is 8.15. The number of piperidine rings is 3. The SMILES string of the molecule is Cc1cccc(NCCNC(=O)c2ccc(CN3CCC(N4CCCCC4)CC3)cc2)c1C(=O)N(C=O)C1CCC(=O)NC1=O. The van der Waals surface area contributed by atoms with Gasteiger partial charge in [0, 0.05) is 43.3 Å². The summed E-state index contributed by atoms with van der Waals surface area (Å²) in [6.07, 6.45) is 6.95. The molecule has 3 saturated heterocycles. The van der Waals surface area contributed by atoms with Crippen LogP contribution in [0.2, 0.25) is 0 Å². The van der Waals surface area contributed by atoms with Crippen molar-refractivity contribution in [2.24, 2.45) is 0 Å². The van der Waals surface area contributed by atoms with Gasteiger partial charge < -0.3 is 15.5 Å². The molecule has 1 atom stereocenters. The number of carbonyl (C=O) groups is 5. The fourth-order valence-corrected chi connectivity index (χ4v) is 6.66. The smallest absolute Gasteiger partial charge is 0.263 e. The van der Waals surface area contributed by atoms with E-state index in [1.807, 2.05) is 24.3 Å². The Kier molecular flexibility index (Phi) is 11.0. The number of rotatable bonds is 11. The second-order valence-electron chi connectivity index (χ2n) is 12.3. The van der Waals surface area contributed by atoms with E-state index in [0.717, 1.165) is 30.6 Å². The summed E-state index contributed by atoms with van der Waals surface area (Å²) in [5.41, 5.74) is 3.15. The Balaban J connectivity index is 1.09. The summed E-state index contributed by atoms with van der Waals surface area (Å²) in [7, 11) is 0. The van der Waals surface area contributed by atoms with Gasteiger partial charge in [-0.3, -0.25) is 39.1 Å². The average Bonchev–Trinajstić information content (AvgIpc) is 3.05. The van der Waals surface area contributed by atoms with Crippen molar-refractivity contribution in [1.82, 2.24) is 25.3 Å². The van der Waals surface area contributed by atoms with Gasteiger partial charge in [0.25, 0.3) is 11.8 Å². The maximum atomic E-state index is 13.4. The summed E-state index contributed by atoms with van der Waals surface area (Å²) >= 11 is 0. The summed E-state index contributed by atoms with van der Waals surface area (Å²) in [4.78, 5) is 68.0. The maximum absolute atomic E-state index is 13.4. The molecule has 11 heteroatoms. The number of nitrogens with one attached hydrogen (secondary N) is 3. The quantitative estimate of drug-likeness (QED) is 0.200. The molecule has 11 nitrogen and oxygen atoms in total. The molecule has 2 aromatic rings. The molecule has 5 rings (SSSR count). The van der Waals surface area contributed by atoms with Crippen LogP contribution in [0.25, 0.3) is 0 Å². The first kappa shape index (κ1) is 32.3. The Morgan fingerprint density at radius 2 is 1.69 bits per heavy atom. The monoisotopic (exact) mass is 616 g/mol. The number of nitrogens with zero attached hydrogens (tertiary/aromatic N) is 3. The summed E-state index contributed by atoms with van der Waals surface area (Å²) in [5, 5.41) is 8.28. The van der Waals surface area contributed by atoms with E-state index in [2.05, 4.69) is 25.8 Å². The highest BCUT2D eigenvalue weighted by Gasteiger charge is 2.36. The van der Waals surface area contributed by atoms with Crippen LogP contribution in [0, 0.1) is 6.92 Å². The van der Waals surface area contributed by atoms with Crippen LogP contribution in [0.5, 0.6) is 0 Å². The summed E-state index contributed by atoms with van der Waals surface area (Å²) < 4.78 is 0. The van der Waals surface area contributed by atoms with Crippen LogP contribution >= 0.6 is 0 Å². The molecule has 0 aliphatic carbocycles. The Morgan fingerprint density at radius 1 is 0.956 bits per heavy atom. The number of hydrogen-bond acceptors (Lipinski definition) is 8. The van der Waals surface area contributed by atoms with Crippen molar-refractivity contribution in [2.75, 3.05) is 44.6 Å². The molecule has 240 valence electrons. The van der Waals surface area contributed by atoms with E-state index in [1.165, 1.54) is 50.8 Å². The fraction of sp³-hybridized carbons (Fsp3) is 0.500. The number of hydrogen-bond donors (Lipinski definition) is 3. The molecule has 0 spiro atoms. The fourth-order valence-electron chi connectivity index (χ4n) is 6.66. The van der Waals surface area contributed by atoms with Crippen LogP contribution in [0.3, 0.4) is 0 Å². The third-order valence-corrected chi connectivity index (χ3v) is 9.19. The molecule has 1 unspecified atom stereocenters. The molecule has 5 amide bonds. The minimum absolute atomic E-state index is 0.0487. The second kappa shape index (κ2) is 15.3. The highest BCUT2D eigenvalue weighted by Crippen LogP contribution is 2.24. The molecule has 0 saturated carbocycles. The van der Waals surface area contributed by atoms with Gasteiger partial charge in [-0.25, -0.2) is 0 Å². The molecule has 3 aliphatic heterocycles. The first-order valence-corrected chi connectivity index (χ1v) is 16.1. The minimum atomic E-state index is -1.05. The second-order valence-corrected chi connectivity index (χ2v) is 12.3. The summed E-state index contributed by atoms with van der Waals surface area (Å²) in [6, 6.07) is 12.7. The van der Waals surface area contributed by atoms with E-state index in [4.69, 9.17) is 0 Å². The lowest BCUT2D eigenvalue weighted by atomic mass is 9.99. The van der Waals surface area contributed by atoms with E-state index in [1.54, 1.807) is 25.1 Å². The van der Waals surface area contributed by atoms with Crippen LogP contribution in [0.15, 0.2) is 42.5 Å². The summed E-state index contributed by atoms with van der Waals surface area (Å²) in [5.74, 6) is -1.91. The van der Waals surface area contributed by atoms with Crippen LogP contribution < -0.4 is 16.0 Å². The predicted octanol–water partition coefficient (Wildman–Crippen LogP) is 2.69. The largest absolute Gasteiger partial charge is 0.383 e. The topological polar surface area (TPSA) is 131 Å². The minimum Gasteiger partial charge on any atom is -0.383 e. The Labute approximate surface area is 264 Å². The molecule has 0 radical (unpaired) electrons. The van der Waals surface area contributed by atoms with E-state index in [0.29, 0.717) is 36.3 Å². The van der Waals surface area contributed by atoms with Gasteiger partial charge in [0.2, 0.25) is 18.2 Å². The normalized spacial score (nSPS) is 19.9. The van der Waals surface area contributed by atoms with Gasteiger partial charge in [-0.15, -0.1) is 0 Å². The zero-order chi connectivity index (χ0) is 31.8. The predicted molar refractivity (Wildman–Crippen MR) is 171 cm³/mol. The number of benzene rings is 2. The maximum Gasteiger partial charge on any atom is 0.263 e. The van der Waals surface area contributed by atoms with Crippen molar-refractivity contribution in [1.29, 1.82) is 0 Å². The lowest BCUT2D eigenvalue weighted by Crippen LogP contribution is -2.54. The Hall–Kier alpha value is -4.09. The highest BCUT2D eigenvalue weighted by molar-refractivity contribution is 6.09. The van der Waals surface area contributed by atoms with Gasteiger partial charge >= 0.3 is 0 Å². The van der Waals surface area contributed by atoms with Gasteiger partial charge in [-0.05, 0) is 94.5 Å². The van der Waals surface area contributed by atoms with Crippen LogP contribution in [0.4, 0.5) is 5.69 Å². The van der Waals surface area contributed by atoms with Crippen molar-refractivity contribution < 1.29 is 24.0 Å². The zero-order valence-corrected chi connectivity index (χ0v) is 26.1. The van der Waals surface area contributed by atoms with Gasteiger partial charge in [0.15, 0.2) is 0 Å². The van der Waals surface area contributed by atoms with Crippen molar-refractivity contribution in [2.45, 2.75) is 70.5 Å². The molecular formula is C34H44N6O5. The van der Waals surface area contributed by atoms with E-state index >= 15 is 0 Å². The van der Waals surface area contributed by atoms with Crippen molar-refractivity contribution in [3.63, 3.8) is 0 Å². The van der Waals surface area contributed by atoms with E-state index < -0.39 is 23.8 Å². The molecule has 2 aromatic carbocycles. The number of imide groups is 2. The van der Waals surface area contributed by atoms with Gasteiger partial charge in [-0.2, -0.15) is 0 Å². The van der Waals surface area contributed by atoms with E-state index in [-0.39, 0.29) is 24.3 Å².